The van der Waals surface area contributed by atoms with Crippen molar-refractivity contribution in [2.45, 2.75) is 50.6 Å². The first-order valence-corrected chi connectivity index (χ1v) is 10.2. The smallest absolute Gasteiger partial charge is 0.367 e. The molecule has 13 heteroatoms. The van der Waals surface area contributed by atoms with Crippen molar-refractivity contribution in [3.8, 4) is 0 Å². The average Bonchev–Trinajstić information content (AvgIpc) is 2.76. The molecule has 0 aromatic carbocycles. The molecular weight excluding hydrogens is 454 g/mol. The van der Waals surface area contributed by atoms with Crippen LogP contribution in [0.3, 0.4) is 0 Å². The topological polar surface area (TPSA) is 91.8 Å². The first kappa shape index (κ1) is 24.5. The van der Waals surface area contributed by atoms with Crippen molar-refractivity contribution < 1.29 is 31.1 Å². The molecule has 1 saturated carbocycles. The summed E-state index contributed by atoms with van der Waals surface area (Å²) in [5.41, 5.74) is -2.20. The van der Waals surface area contributed by atoms with Gasteiger partial charge in [0.1, 0.15) is 11.4 Å². The van der Waals surface area contributed by atoms with Crippen molar-refractivity contribution in [1.29, 1.82) is 0 Å². The Bertz CT molecular complexity index is 972. The molecule has 0 aliphatic heterocycles. The van der Waals surface area contributed by atoms with Crippen LogP contribution < -0.4 is 16.0 Å². The molecule has 3 N–H and O–H groups in total. The summed E-state index contributed by atoms with van der Waals surface area (Å²) < 4.78 is 79.8. The largest absolute Gasteiger partial charge is 0.421 e. The Morgan fingerprint density at radius 2 is 1.70 bits per heavy atom. The Kier molecular flexibility index (Phi) is 7.28. The Morgan fingerprint density at radius 1 is 1.03 bits per heavy atom. The van der Waals surface area contributed by atoms with E-state index in [9.17, 15) is 31.1 Å². The molecule has 2 aromatic rings. The zero-order chi connectivity index (χ0) is 24.2. The minimum Gasteiger partial charge on any atom is -0.367 e. The van der Waals surface area contributed by atoms with Crippen LogP contribution in [0.4, 0.5) is 38.1 Å². The number of anilines is 2. The molecule has 0 unspecified atom stereocenters. The van der Waals surface area contributed by atoms with E-state index in [2.05, 4.69) is 30.9 Å². The third-order valence-corrected chi connectivity index (χ3v) is 5.43. The molecule has 0 spiro atoms. The zero-order valence-electron chi connectivity index (χ0n) is 17.5. The third-order valence-electron chi connectivity index (χ3n) is 5.43. The summed E-state index contributed by atoms with van der Waals surface area (Å²) in [6, 6.07) is 0.470. The summed E-state index contributed by atoms with van der Waals surface area (Å²) in [5, 5.41) is 7.87. The molecule has 7 nitrogen and oxygen atoms in total. The van der Waals surface area contributed by atoms with Gasteiger partial charge in [-0.2, -0.15) is 31.3 Å². The minimum atomic E-state index is -4.73. The van der Waals surface area contributed by atoms with Crippen LogP contribution in [0.2, 0.25) is 0 Å². The quantitative estimate of drug-likeness (QED) is 0.541. The van der Waals surface area contributed by atoms with Gasteiger partial charge in [-0.15, -0.1) is 0 Å². The second-order valence-corrected chi connectivity index (χ2v) is 7.64. The van der Waals surface area contributed by atoms with E-state index >= 15 is 0 Å². The SMILES string of the molecule is CNC(=O)[C@H]1CC[C@@H](Nc2nc(NCc3cnccc3C(F)(F)F)ncc2C(F)(F)F)CC1. The highest BCUT2D eigenvalue weighted by Crippen LogP contribution is 2.36. The van der Waals surface area contributed by atoms with Crippen LogP contribution in [0.25, 0.3) is 0 Å². The monoisotopic (exact) mass is 476 g/mol. The lowest BCUT2D eigenvalue weighted by Crippen LogP contribution is -2.34. The summed E-state index contributed by atoms with van der Waals surface area (Å²) in [4.78, 5) is 22.9. The molecule has 1 amide bonds. The number of pyridine rings is 1. The number of nitrogens with one attached hydrogen (secondary N) is 3. The Balaban J connectivity index is 1.76. The third kappa shape index (κ3) is 6.23. The fraction of sp³-hybridized carbons (Fsp3) is 0.500. The van der Waals surface area contributed by atoms with Gasteiger partial charge in [0.2, 0.25) is 11.9 Å². The lowest BCUT2D eigenvalue weighted by molar-refractivity contribution is -0.138. The van der Waals surface area contributed by atoms with E-state index in [-0.39, 0.29) is 35.9 Å². The van der Waals surface area contributed by atoms with Crippen molar-refractivity contribution in [2.75, 3.05) is 17.7 Å². The van der Waals surface area contributed by atoms with Gasteiger partial charge >= 0.3 is 12.4 Å². The molecule has 1 aliphatic rings. The van der Waals surface area contributed by atoms with Gasteiger partial charge in [-0.25, -0.2) is 4.98 Å². The van der Waals surface area contributed by atoms with Crippen LogP contribution in [0.1, 0.15) is 42.4 Å². The maximum absolute atomic E-state index is 13.5. The van der Waals surface area contributed by atoms with E-state index in [0.717, 1.165) is 18.5 Å². The highest BCUT2D eigenvalue weighted by molar-refractivity contribution is 5.78. The van der Waals surface area contributed by atoms with Crippen molar-refractivity contribution >= 4 is 17.7 Å². The number of rotatable bonds is 6. The van der Waals surface area contributed by atoms with Crippen LogP contribution in [-0.4, -0.2) is 33.9 Å². The molecule has 180 valence electrons. The molecule has 2 aromatic heterocycles. The highest BCUT2D eigenvalue weighted by atomic mass is 19.4. The Labute approximate surface area is 185 Å². The predicted octanol–water partition coefficient (Wildman–Crippen LogP) is 4.24. The molecule has 0 bridgehead atoms. The van der Waals surface area contributed by atoms with Crippen molar-refractivity contribution in [2.24, 2.45) is 5.92 Å². The summed E-state index contributed by atoms with van der Waals surface area (Å²) in [6.07, 6.45) is -4.78. The number of hydrogen-bond donors (Lipinski definition) is 3. The number of carbonyl (C=O) groups is 1. The predicted molar refractivity (Wildman–Crippen MR) is 107 cm³/mol. The normalized spacial score (nSPS) is 19.1. The van der Waals surface area contributed by atoms with E-state index in [4.69, 9.17) is 0 Å². The molecule has 0 atom stereocenters. The molecule has 0 radical (unpaired) electrons. The van der Waals surface area contributed by atoms with Crippen LogP contribution in [0.15, 0.2) is 24.7 Å². The summed E-state index contributed by atoms with van der Waals surface area (Å²) >= 11 is 0. The van der Waals surface area contributed by atoms with Crippen LogP contribution >= 0.6 is 0 Å². The molecule has 1 aliphatic carbocycles. The average molecular weight is 476 g/mol. The molecule has 2 heterocycles. The zero-order valence-corrected chi connectivity index (χ0v) is 17.5. The van der Waals surface area contributed by atoms with Crippen molar-refractivity contribution in [3.05, 3.63) is 41.3 Å². The van der Waals surface area contributed by atoms with Gasteiger partial charge in [0.15, 0.2) is 0 Å². The van der Waals surface area contributed by atoms with Gasteiger partial charge < -0.3 is 16.0 Å². The minimum absolute atomic E-state index is 0.105. The maximum Gasteiger partial charge on any atom is 0.421 e. The summed E-state index contributed by atoms with van der Waals surface area (Å²) in [7, 11) is 1.53. The first-order valence-electron chi connectivity index (χ1n) is 10.2. The molecule has 1 fully saturated rings. The van der Waals surface area contributed by atoms with Gasteiger partial charge in [-0.05, 0) is 31.7 Å². The van der Waals surface area contributed by atoms with Gasteiger partial charge in [-0.1, -0.05) is 0 Å². The summed E-state index contributed by atoms with van der Waals surface area (Å²) in [6.45, 7) is -0.384. The second-order valence-electron chi connectivity index (χ2n) is 7.64. The summed E-state index contributed by atoms with van der Waals surface area (Å²) in [5.74, 6) is -1.03. The number of alkyl halides is 6. The molecular formula is C20H22F6N6O. The molecule has 3 rings (SSSR count). The van der Waals surface area contributed by atoms with E-state index < -0.39 is 29.3 Å². The number of nitrogens with zero attached hydrogens (tertiary/aromatic N) is 3. The van der Waals surface area contributed by atoms with Crippen LogP contribution in [0.5, 0.6) is 0 Å². The van der Waals surface area contributed by atoms with Gasteiger partial charge in [0, 0.05) is 49.7 Å². The molecule has 0 saturated heterocycles. The van der Waals surface area contributed by atoms with Crippen LogP contribution in [-0.2, 0) is 23.7 Å². The number of hydrogen-bond acceptors (Lipinski definition) is 6. The van der Waals surface area contributed by atoms with Crippen molar-refractivity contribution in [3.63, 3.8) is 0 Å². The standard InChI is InChI=1S/C20H22F6N6O/c1-27-17(33)11-2-4-13(5-3-11)31-16-15(20(24,25)26)10-30-18(32-16)29-9-12-8-28-7-6-14(12)19(21,22)23/h6-8,10-11,13H,2-5,9H2,1H3,(H,27,33)(H2,29,30,31,32)/t11-,13+. The number of aromatic nitrogens is 3. The van der Waals surface area contributed by atoms with E-state index in [1.165, 1.54) is 7.05 Å². The van der Waals surface area contributed by atoms with Crippen LogP contribution in [0, 0.1) is 5.92 Å². The van der Waals surface area contributed by atoms with E-state index in [1.807, 2.05) is 0 Å². The first-order chi connectivity index (χ1) is 15.5. The highest BCUT2D eigenvalue weighted by Gasteiger charge is 2.37. The van der Waals surface area contributed by atoms with Gasteiger partial charge in [0.25, 0.3) is 0 Å². The maximum atomic E-state index is 13.5. The fourth-order valence-corrected chi connectivity index (χ4v) is 3.70. The number of carbonyl (C=O) groups excluding carboxylic acids is 1. The lowest BCUT2D eigenvalue weighted by atomic mass is 9.85. The number of amides is 1. The van der Waals surface area contributed by atoms with Crippen molar-refractivity contribution in [1.82, 2.24) is 20.3 Å². The van der Waals surface area contributed by atoms with E-state index in [1.54, 1.807) is 0 Å². The Morgan fingerprint density at radius 3 is 2.30 bits per heavy atom. The van der Waals surface area contributed by atoms with E-state index in [0.29, 0.717) is 31.9 Å². The fourth-order valence-electron chi connectivity index (χ4n) is 3.70. The van der Waals surface area contributed by atoms with Gasteiger partial charge in [0.05, 0.1) is 5.56 Å². The Hall–Kier alpha value is -3.12. The lowest BCUT2D eigenvalue weighted by Gasteiger charge is -2.29. The number of halogens is 6. The second kappa shape index (κ2) is 9.79. The van der Waals surface area contributed by atoms with Gasteiger partial charge in [-0.3, -0.25) is 9.78 Å². The molecule has 33 heavy (non-hydrogen) atoms.